The summed E-state index contributed by atoms with van der Waals surface area (Å²) in [4.78, 5) is 13.1. The van der Waals surface area contributed by atoms with Gasteiger partial charge in [0.25, 0.3) is 6.85 Å². The van der Waals surface area contributed by atoms with E-state index in [2.05, 4.69) is 41.5 Å². The minimum atomic E-state index is -1.78. The molecule has 35 heavy (non-hydrogen) atoms. The molecule has 0 amide bonds. The Morgan fingerprint density at radius 2 is 1.11 bits per heavy atom. The van der Waals surface area contributed by atoms with Gasteiger partial charge >= 0.3 is 5.97 Å². The molecule has 0 unspecified atom stereocenters. The van der Waals surface area contributed by atoms with Crippen LogP contribution in [0.3, 0.4) is 0 Å². The molecule has 0 spiro atoms. The SMILES string of the molecule is COc1cc(-c2cc(OC)cc(C(C)(C)C)c2OP(Cl)Cl)c(OC(=O)C(C)(C)C)c(C(C)(C)C)c1. The highest BCUT2D eigenvalue weighted by molar-refractivity contribution is 8.00. The van der Waals surface area contributed by atoms with Gasteiger partial charge in [-0.25, -0.2) is 0 Å². The molecule has 0 atom stereocenters. The van der Waals surface area contributed by atoms with E-state index in [1.165, 1.54) is 0 Å². The lowest BCUT2D eigenvalue weighted by molar-refractivity contribution is -0.143. The van der Waals surface area contributed by atoms with Gasteiger partial charge in [0.15, 0.2) is 0 Å². The first-order chi connectivity index (χ1) is 15.9. The summed E-state index contributed by atoms with van der Waals surface area (Å²) < 4.78 is 23.5. The van der Waals surface area contributed by atoms with Gasteiger partial charge in [-0.3, -0.25) is 4.79 Å². The Balaban J connectivity index is 3.09. The molecule has 194 valence electrons. The van der Waals surface area contributed by atoms with Crippen LogP contribution in [0.15, 0.2) is 24.3 Å². The smallest absolute Gasteiger partial charge is 0.316 e. The van der Waals surface area contributed by atoms with Gasteiger partial charge in [0.05, 0.1) is 19.6 Å². The predicted molar refractivity (Wildman–Crippen MR) is 147 cm³/mol. The molecule has 0 aliphatic rings. The minimum Gasteiger partial charge on any atom is -0.497 e. The lowest BCUT2D eigenvalue weighted by atomic mass is 9.81. The molecule has 0 aliphatic heterocycles. The van der Waals surface area contributed by atoms with E-state index >= 15 is 0 Å². The Hall–Kier alpha value is -1.68. The van der Waals surface area contributed by atoms with Crippen LogP contribution in [0, 0.1) is 5.41 Å². The molecule has 0 N–H and O–H groups in total. The predicted octanol–water partition coefficient (Wildman–Crippen LogP) is 9.00. The van der Waals surface area contributed by atoms with Crippen LogP contribution in [-0.4, -0.2) is 20.2 Å². The highest BCUT2D eigenvalue weighted by Gasteiger charge is 2.33. The topological polar surface area (TPSA) is 54.0 Å². The zero-order valence-corrected chi connectivity index (χ0v) is 25.0. The van der Waals surface area contributed by atoms with Crippen molar-refractivity contribution in [1.82, 2.24) is 0 Å². The van der Waals surface area contributed by atoms with E-state index in [1.807, 2.05) is 45.0 Å². The number of halogens is 2. The summed E-state index contributed by atoms with van der Waals surface area (Å²) >= 11 is 12.4. The van der Waals surface area contributed by atoms with Gasteiger partial charge in [0, 0.05) is 22.3 Å². The molecule has 2 rings (SSSR count). The van der Waals surface area contributed by atoms with Crippen molar-refractivity contribution in [2.24, 2.45) is 5.41 Å². The summed E-state index contributed by atoms with van der Waals surface area (Å²) in [6.45, 7) is 16.0. The summed E-state index contributed by atoms with van der Waals surface area (Å²) in [5.41, 5.74) is 1.53. The van der Waals surface area contributed by atoms with Crippen LogP contribution in [0.4, 0.5) is 0 Å². The number of ether oxygens (including phenoxy) is 3. The maximum Gasteiger partial charge on any atom is 0.316 e. The van der Waals surface area contributed by atoms with Crippen molar-refractivity contribution in [2.75, 3.05) is 14.2 Å². The minimum absolute atomic E-state index is 0.328. The third kappa shape index (κ3) is 7.18. The van der Waals surface area contributed by atoms with Crippen molar-refractivity contribution in [1.29, 1.82) is 0 Å². The number of esters is 1. The molecule has 0 bridgehead atoms. The van der Waals surface area contributed by atoms with Crippen LogP contribution in [0.25, 0.3) is 11.1 Å². The van der Waals surface area contributed by atoms with E-state index in [0.29, 0.717) is 34.1 Å². The highest BCUT2D eigenvalue weighted by atomic mass is 35.9. The van der Waals surface area contributed by atoms with Crippen LogP contribution < -0.4 is 18.7 Å². The monoisotopic (exact) mass is 542 g/mol. The Labute approximate surface area is 220 Å². The number of rotatable bonds is 6. The van der Waals surface area contributed by atoms with E-state index in [0.717, 1.165) is 11.1 Å². The number of hydrogen-bond donors (Lipinski definition) is 0. The molecule has 8 heteroatoms. The van der Waals surface area contributed by atoms with Crippen LogP contribution in [0.5, 0.6) is 23.0 Å². The first-order valence-electron chi connectivity index (χ1n) is 11.4. The van der Waals surface area contributed by atoms with Gasteiger partial charge in [-0.05, 0) is 78.3 Å². The van der Waals surface area contributed by atoms with Gasteiger partial charge in [-0.2, -0.15) is 0 Å². The Morgan fingerprint density at radius 1 is 0.714 bits per heavy atom. The average Bonchev–Trinajstić information content (AvgIpc) is 2.71. The van der Waals surface area contributed by atoms with E-state index in [1.54, 1.807) is 14.2 Å². The molecule has 5 nitrogen and oxygen atoms in total. The second-order valence-corrected chi connectivity index (χ2v) is 14.5. The fourth-order valence-electron chi connectivity index (χ4n) is 3.48. The van der Waals surface area contributed by atoms with Gasteiger partial charge in [0.1, 0.15) is 23.0 Å². The maximum atomic E-state index is 13.1. The second kappa shape index (κ2) is 10.7. The second-order valence-electron chi connectivity index (χ2n) is 11.5. The quantitative estimate of drug-likeness (QED) is 0.207. The number of carbonyl (C=O) groups excluding carboxylic acids is 1. The third-order valence-electron chi connectivity index (χ3n) is 5.47. The first-order valence-corrected chi connectivity index (χ1v) is 14.4. The van der Waals surface area contributed by atoms with E-state index in [4.69, 9.17) is 41.2 Å². The normalized spacial score (nSPS) is 12.5. The van der Waals surface area contributed by atoms with Gasteiger partial charge in [-0.15, -0.1) is 0 Å². The lowest BCUT2D eigenvalue weighted by Crippen LogP contribution is -2.27. The molecule has 0 saturated carbocycles. The summed E-state index contributed by atoms with van der Waals surface area (Å²) in [7, 11) is 3.21. The van der Waals surface area contributed by atoms with Crippen LogP contribution in [0.1, 0.15) is 73.4 Å². The van der Waals surface area contributed by atoms with Crippen LogP contribution in [-0.2, 0) is 15.6 Å². The summed E-state index contributed by atoms with van der Waals surface area (Å²) in [5, 5.41) is 0. The zero-order chi connectivity index (χ0) is 26.9. The Morgan fingerprint density at radius 3 is 1.46 bits per heavy atom. The number of benzene rings is 2. The fourth-order valence-corrected chi connectivity index (χ4v) is 4.23. The highest BCUT2D eigenvalue weighted by Crippen LogP contribution is 2.55. The van der Waals surface area contributed by atoms with Crippen molar-refractivity contribution in [3.63, 3.8) is 0 Å². The van der Waals surface area contributed by atoms with Crippen molar-refractivity contribution < 1.29 is 23.5 Å². The average molecular weight is 543 g/mol. The first kappa shape index (κ1) is 29.5. The van der Waals surface area contributed by atoms with E-state index < -0.39 is 12.3 Å². The van der Waals surface area contributed by atoms with Crippen molar-refractivity contribution in [3.05, 3.63) is 35.4 Å². The molecule has 0 fully saturated rings. The summed E-state index contributed by atoms with van der Waals surface area (Å²) in [6.07, 6.45) is 0. The van der Waals surface area contributed by atoms with E-state index in [-0.39, 0.29) is 16.8 Å². The maximum absolute atomic E-state index is 13.1. The molecular formula is C27H37Cl2O5P. The molecule has 2 aromatic carbocycles. The standard InChI is InChI=1S/C27H37Cl2O5P/c1-25(2,3)20-14-16(31-10)12-18(22(20)33-24(30)27(7,8)9)19-13-17(32-11)15-21(26(4,5)6)23(19)34-35(28)29/h12-15H,1-11H3. The van der Waals surface area contributed by atoms with Gasteiger partial charge < -0.3 is 18.7 Å². The number of hydrogen-bond acceptors (Lipinski definition) is 5. The van der Waals surface area contributed by atoms with Crippen molar-refractivity contribution >= 4 is 35.3 Å². The number of methoxy groups -OCH3 is 2. The van der Waals surface area contributed by atoms with E-state index in [9.17, 15) is 4.79 Å². The Kier molecular flexibility index (Phi) is 9.07. The molecule has 0 heterocycles. The molecule has 0 aliphatic carbocycles. The molecule has 0 aromatic heterocycles. The molecule has 0 saturated heterocycles. The number of carbonyl (C=O) groups is 1. The van der Waals surface area contributed by atoms with Gasteiger partial charge in [0.2, 0.25) is 0 Å². The van der Waals surface area contributed by atoms with Crippen LogP contribution >= 0.6 is 29.3 Å². The molecule has 0 radical (unpaired) electrons. The largest absolute Gasteiger partial charge is 0.497 e. The third-order valence-corrected chi connectivity index (χ3v) is 6.20. The van der Waals surface area contributed by atoms with Crippen molar-refractivity contribution in [2.45, 2.75) is 73.1 Å². The molecular weight excluding hydrogens is 506 g/mol. The van der Waals surface area contributed by atoms with Crippen molar-refractivity contribution in [3.8, 4) is 34.1 Å². The Bertz CT molecular complexity index is 1080. The summed E-state index contributed by atoms with van der Waals surface area (Å²) in [6, 6.07) is 7.49. The lowest BCUT2D eigenvalue weighted by Gasteiger charge is -2.29. The summed E-state index contributed by atoms with van der Waals surface area (Å²) in [5.74, 6) is 1.83. The van der Waals surface area contributed by atoms with Gasteiger partial charge in [-0.1, -0.05) is 41.5 Å². The van der Waals surface area contributed by atoms with Crippen LogP contribution in [0.2, 0.25) is 0 Å². The molecule has 2 aromatic rings. The fraction of sp³-hybridized carbons (Fsp3) is 0.519. The zero-order valence-electron chi connectivity index (χ0n) is 22.6.